The SMILES string of the molecule is [2H]c1c([2H])c([2H])c(C([2H])([2H])n2c(CC)c(C(=O)C(N)=O)c3c(OCC(=O)O)cccc32)c([2H])c1[2H]. The Morgan fingerprint density at radius 1 is 1.25 bits per heavy atom. The molecule has 3 N–H and O–H groups in total. The summed E-state index contributed by atoms with van der Waals surface area (Å²) >= 11 is 0. The molecule has 0 radical (unpaired) electrons. The summed E-state index contributed by atoms with van der Waals surface area (Å²) in [5, 5.41) is 8.92. The number of rotatable bonds is 8. The van der Waals surface area contributed by atoms with E-state index in [1.807, 2.05) is 0 Å². The zero-order valence-corrected chi connectivity index (χ0v) is 14.8. The van der Waals surface area contributed by atoms with Crippen LogP contribution in [0.1, 0.15) is 38.1 Å². The van der Waals surface area contributed by atoms with E-state index in [-0.39, 0.29) is 34.3 Å². The normalized spacial score (nSPS) is 14.8. The van der Waals surface area contributed by atoms with Gasteiger partial charge in [-0.1, -0.05) is 43.2 Å². The van der Waals surface area contributed by atoms with Crippen LogP contribution in [0.5, 0.6) is 5.75 Å². The van der Waals surface area contributed by atoms with Gasteiger partial charge in [0.15, 0.2) is 6.61 Å². The zero-order chi connectivity index (χ0) is 26.4. The predicted octanol–water partition coefficient (Wildman–Crippen LogP) is 2.38. The molecule has 0 aliphatic heterocycles. The Bertz CT molecular complexity index is 1370. The van der Waals surface area contributed by atoms with Crippen LogP contribution in [0.4, 0.5) is 0 Å². The van der Waals surface area contributed by atoms with E-state index in [0.717, 1.165) is 4.57 Å². The van der Waals surface area contributed by atoms with Crippen LogP contribution in [-0.2, 0) is 22.5 Å². The number of aromatic nitrogens is 1. The molecule has 7 heteroatoms. The molecule has 1 heterocycles. The molecule has 0 spiro atoms. The van der Waals surface area contributed by atoms with Crippen LogP contribution in [0.3, 0.4) is 0 Å². The molecule has 3 aromatic rings. The summed E-state index contributed by atoms with van der Waals surface area (Å²) in [6, 6.07) is 0.307. The number of ketones is 1. The molecule has 0 saturated carbocycles. The van der Waals surface area contributed by atoms with E-state index >= 15 is 0 Å². The van der Waals surface area contributed by atoms with Gasteiger partial charge in [0.05, 0.1) is 26.1 Å². The van der Waals surface area contributed by atoms with Gasteiger partial charge in [-0.25, -0.2) is 4.79 Å². The Labute approximate surface area is 171 Å². The first kappa shape index (κ1) is 12.0. The smallest absolute Gasteiger partial charge is 0.341 e. The number of hydrogen-bond acceptors (Lipinski definition) is 4. The van der Waals surface area contributed by atoms with E-state index in [1.165, 1.54) is 18.2 Å². The van der Waals surface area contributed by atoms with Crippen molar-refractivity contribution >= 4 is 28.6 Å². The number of carboxylic acid groups (broad SMARTS) is 1. The van der Waals surface area contributed by atoms with Gasteiger partial charge in [0.25, 0.3) is 11.7 Å². The fraction of sp³-hybridized carbons (Fsp3) is 0.190. The largest absolute Gasteiger partial charge is 0.481 e. The molecular weight excluding hydrogens is 360 g/mol. The number of aliphatic carboxylic acids is 1. The third-order valence-corrected chi connectivity index (χ3v) is 3.91. The summed E-state index contributed by atoms with van der Waals surface area (Å²) in [6.45, 7) is -2.07. The molecule has 0 aliphatic carbocycles. The van der Waals surface area contributed by atoms with Crippen molar-refractivity contribution in [2.75, 3.05) is 6.61 Å². The van der Waals surface area contributed by atoms with E-state index in [9.17, 15) is 14.4 Å². The van der Waals surface area contributed by atoms with Crippen molar-refractivity contribution in [2.24, 2.45) is 5.73 Å². The van der Waals surface area contributed by atoms with Gasteiger partial charge in [0, 0.05) is 12.2 Å². The maximum Gasteiger partial charge on any atom is 0.341 e. The lowest BCUT2D eigenvalue weighted by atomic mass is 10.0. The second-order valence-corrected chi connectivity index (χ2v) is 5.65. The number of Topliss-reactive ketones (excluding diaryl/α,β-unsaturated/α-hetero) is 1. The third kappa shape index (κ3) is 3.59. The Morgan fingerprint density at radius 3 is 2.57 bits per heavy atom. The van der Waals surface area contributed by atoms with Crippen molar-refractivity contribution in [3.8, 4) is 5.75 Å². The molecule has 0 atom stereocenters. The first-order valence-electron chi connectivity index (χ1n) is 11.7. The molecule has 0 aliphatic rings. The van der Waals surface area contributed by atoms with Crippen molar-refractivity contribution in [3.63, 3.8) is 0 Å². The first-order valence-corrected chi connectivity index (χ1v) is 8.20. The van der Waals surface area contributed by atoms with Crippen LogP contribution in [0.25, 0.3) is 10.9 Å². The van der Waals surface area contributed by atoms with Crippen LogP contribution in [-0.4, -0.2) is 33.9 Å². The number of carbonyl (C=O) groups excluding carboxylic acids is 2. The Balaban J connectivity index is 2.51. The highest BCUT2D eigenvalue weighted by Gasteiger charge is 2.27. The highest BCUT2D eigenvalue weighted by molar-refractivity contribution is 6.45. The summed E-state index contributed by atoms with van der Waals surface area (Å²) in [6.07, 6.45) is -0.0421. The predicted molar refractivity (Wildman–Crippen MR) is 104 cm³/mol. The van der Waals surface area contributed by atoms with Crippen LogP contribution < -0.4 is 10.5 Å². The maximum atomic E-state index is 12.9. The molecule has 28 heavy (non-hydrogen) atoms. The molecule has 3 rings (SSSR count). The zero-order valence-electron chi connectivity index (χ0n) is 21.8. The van der Waals surface area contributed by atoms with Crippen LogP contribution >= 0.6 is 0 Å². The Hall–Kier alpha value is -3.61. The van der Waals surface area contributed by atoms with Gasteiger partial charge in [-0.05, 0) is 24.1 Å². The number of fused-ring (bicyclic) bond motifs is 1. The van der Waals surface area contributed by atoms with Crippen LogP contribution in [0, 0.1) is 0 Å². The standard InChI is InChI=1S/C21H20N2O5/c1-2-14-19(20(26)21(22)27)18-15(9-6-10-16(18)28-12-17(24)25)23(14)11-13-7-4-3-5-8-13/h3-10H,2,11-12H2,1H3,(H2,22,27)(H,24,25)/i3D,4D,5D,7D,8D,11D2. The Kier molecular flexibility index (Phi) is 3.40. The highest BCUT2D eigenvalue weighted by atomic mass is 16.5. The number of carboxylic acids is 1. The summed E-state index contributed by atoms with van der Waals surface area (Å²) in [7, 11) is 0. The molecule has 0 fully saturated rings. The summed E-state index contributed by atoms with van der Waals surface area (Å²) < 4.78 is 64.1. The summed E-state index contributed by atoms with van der Waals surface area (Å²) in [5.41, 5.74) is 4.12. The molecule has 0 bridgehead atoms. The molecular formula is C21H20N2O5. The second-order valence-electron chi connectivity index (χ2n) is 5.65. The van der Waals surface area contributed by atoms with Crippen molar-refractivity contribution in [1.29, 1.82) is 0 Å². The number of ether oxygens (including phenoxy) is 1. The average molecular weight is 387 g/mol. The second kappa shape index (κ2) is 7.96. The molecule has 0 saturated heterocycles. The van der Waals surface area contributed by atoms with Gasteiger partial charge in [0.1, 0.15) is 5.75 Å². The molecule has 7 nitrogen and oxygen atoms in total. The van der Waals surface area contributed by atoms with E-state index in [4.69, 9.17) is 25.2 Å². The third-order valence-electron chi connectivity index (χ3n) is 3.91. The van der Waals surface area contributed by atoms with Crippen molar-refractivity contribution in [3.05, 3.63) is 65.2 Å². The number of primary amides is 1. The first-order chi connectivity index (χ1) is 16.3. The molecule has 2 aromatic carbocycles. The molecule has 0 unspecified atom stereocenters. The van der Waals surface area contributed by atoms with Crippen molar-refractivity contribution in [2.45, 2.75) is 19.8 Å². The summed E-state index contributed by atoms with van der Waals surface area (Å²) in [4.78, 5) is 35.8. The van der Waals surface area contributed by atoms with Gasteiger partial charge in [-0.3, -0.25) is 9.59 Å². The van der Waals surface area contributed by atoms with Crippen molar-refractivity contribution in [1.82, 2.24) is 4.57 Å². The number of benzene rings is 2. The highest BCUT2D eigenvalue weighted by Crippen LogP contribution is 2.35. The van der Waals surface area contributed by atoms with Gasteiger partial charge in [-0.2, -0.15) is 0 Å². The summed E-state index contributed by atoms with van der Waals surface area (Å²) in [5.74, 6) is -4.00. The van der Waals surface area contributed by atoms with Crippen LogP contribution in [0.2, 0.25) is 0 Å². The minimum absolute atomic E-state index is 0.0360. The van der Waals surface area contributed by atoms with Gasteiger partial charge in [-0.15, -0.1) is 0 Å². The average Bonchev–Trinajstić information content (AvgIpc) is 3.15. The molecule has 1 amide bonds. The van der Waals surface area contributed by atoms with E-state index < -0.39 is 66.5 Å². The molecule has 144 valence electrons. The lowest BCUT2D eigenvalue weighted by Gasteiger charge is -2.11. The quantitative estimate of drug-likeness (QED) is 0.455. The number of carbonyl (C=O) groups is 3. The number of nitrogens with two attached hydrogens (primary N) is 1. The fourth-order valence-electron chi connectivity index (χ4n) is 2.87. The minimum atomic E-state index is -2.82. The van der Waals surface area contributed by atoms with Gasteiger partial charge < -0.3 is 20.1 Å². The lowest BCUT2D eigenvalue weighted by molar-refractivity contribution is -0.139. The number of amides is 1. The fourth-order valence-corrected chi connectivity index (χ4v) is 2.87. The van der Waals surface area contributed by atoms with Crippen molar-refractivity contribution < 1.29 is 33.8 Å². The van der Waals surface area contributed by atoms with Crippen LogP contribution in [0.15, 0.2) is 48.4 Å². The van der Waals surface area contributed by atoms with E-state index in [0.29, 0.717) is 0 Å². The van der Waals surface area contributed by atoms with E-state index in [1.54, 1.807) is 6.92 Å². The molecule has 1 aromatic heterocycles. The monoisotopic (exact) mass is 387 g/mol. The Morgan fingerprint density at radius 2 is 1.96 bits per heavy atom. The number of hydrogen-bond donors (Lipinski definition) is 2. The van der Waals surface area contributed by atoms with Gasteiger partial charge in [0.2, 0.25) is 0 Å². The lowest BCUT2D eigenvalue weighted by Crippen LogP contribution is -2.24. The van der Waals surface area contributed by atoms with Gasteiger partial charge >= 0.3 is 5.97 Å². The topological polar surface area (TPSA) is 112 Å². The number of nitrogens with zero attached hydrogens (tertiary/aromatic N) is 1. The van der Waals surface area contributed by atoms with E-state index in [2.05, 4.69) is 0 Å². The minimum Gasteiger partial charge on any atom is -0.481 e. The maximum absolute atomic E-state index is 12.9.